The third kappa shape index (κ3) is 7.05. The van der Waals surface area contributed by atoms with Crippen molar-refractivity contribution < 1.29 is 14.0 Å². The van der Waals surface area contributed by atoms with E-state index in [0.29, 0.717) is 27.6 Å². The second-order valence-electron chi connectivity index (χ2n) is 8.39. The predicted molar refractivity (Wildman–Crippen MR) is 134 cm³/mol. The molecule has 34 heavy (non-hydrogen) atoms. The Morgan fingerprint density at radius 1 is 0.882 bits per heavy atom. The minimum Gasteiger partial charge on any atom is -0.352 e. The highest BCUT2D eigenvalue weighted by molar-refractivity contribution is 6.36. The maximum absolute atomic E-state index is 13.6. The van der Waals surface area contributed by atoms with Gasteiger partial charge in [-0.1, -0.05) is 71.7 Å². The van der Waals surface area contributed by atoms with E-state index < -0.39 is 6.04 Å². The van der Waals surface area contributed by atoms with Crippen molar-refractivity contribution >= 4 is 35.0 Å². The summed E-state index contributed by atoms with van der Waals surface area (Å²) in [6.45, 7) is 3.79. The van der Waals surface area contributed by atoms with E-state index in [1.165, 1.54) is 17.0 Å². The fraction of sp³-hybridized carbons (Fsp3) is 0.259. The number of benzene rings is 3. The molecule has 0 bridgehead atoms. The van der Waals surface area contributed by atoms with Gasteiger partial charge in [0.05, 0.1) is 6.42 Å². The van der Waals surface area contributed by atoms with Crippen molar-refractivity contribution in [2.24, 2.45) is 0 Å². The molecule has 3 rings (SSSR count). The molecule has 1 unspecified atom stereocenters. The zero-order chi connectivity index (χ0) is 24.7. The summed E-state index contributed by atoms with van der Waals surface area (Å²) in [5.41, 5.74) is 2.12. The van der Waals surface area contributed by atoms with E-state index in [1.807, 2.05) is 44.2 Å². The molecule has 0 aromatic heterocycles. The van der Waals surface area contributed by atoms with Crippen LogP contribution in [-0.4, -0.2) is 28.8 Å². The number of hydrogen-bond donors (Lipinski definition) is 1. The van der Waals surface area contributed by atoms with Gasteiger partial charge in [-0.2, -0.15) is 0 Å². The lowest BCUT2D eigenvalue weighted by Crippen LogP contribution is -2.52. The standard InChI is InChI=1S/C27H27Cl2FN2O2/c1-18(2)31-27(34)25(15-19-7-4-3-5-8-19)32(17-22-23(28)9-6-10-24(22)29)26(33)16-20-11-13-21(30)14-12-20/h3-14,18,25H,15-17H2,1-2H3,(H,31,34). The summed E-state index contributed by atoms with van der Waals surface area (Å²) in [6.07, 6.45) is 0.319. The first kappa shape index (κ1) is 25.7. The molecule has 0 radical (unpaired) electrons. The van der Waals surface area contributed by atoms with Crippen LogP contribution in [0.2, 0.25) is 10.0 Å². The molecule has 4 nitrogen and oxygen atoms in total. The van der Waals surface area contributed by atoms with E-state index in [-0.39, 0.29) is 36.6 Å². The Morgan fingerprint density at radius 2 is 1.50 bits per heavy atom. The van der Waals surface area contributed by atoms with Crippen LogP contribution in [0.1, 0.15) is 30.5 Å². The molecule has 0 aliphatic carbocycles. The quantitative estimate of drug-likeness (QED) is 0.401. The van der Waals surface area contributed by atoms with Gasteiger partial charge in [-0.15, -0.1) is 0 Å². The van der Waals surface area contributed by atoms with Crippen molar-refractivity contribution in [3.8, 4) is 0 Å². The summed E-state index contributed by atoms with van der Waals surface area (Å²) in [7, 11) is 0. The molecule has 0 aliphatic rings. The topological polar surface area (TPSA) is 49.4 Å². The van der Waals surface area contributed by atoms with Crippen LogP contribution in [0.25, 0.3) is 0 Å². The molecule has 0 spiro atoms. The minimum absolute atomic E-state index is 0.00258. The predicted octanol–water partition coefficient (Wildman–Crippen LogP) is 5.84. The first-order chi connectivity index (χ1) is 16.2. The average molecular weight is 501 g/mol. The van der Waals surface area contributed by atoms with Gasteiger partial charge >= 0.3 is 0 Å². The van der Waals surface area contributed by atoms with Crippen LogP contribution in [0.4, 0.5) is 4.39 Å². The maximum Gasteiger partial charge on any atom is 0.243 e. The van der Waals surface area contributed by atoms with Crippen molar-refractivity contribution in [3.05, 3.63) is 105 Å². The highest BCUT2D eigenvalue weighted by Crippen LogP contribution is 2.27. The molecule has 0 aliphatic heterocycles. The molecule has 1 atom stereocenters. The lowest BCUT2D eigenvalue weighted by molar-refractivity contribution is -0.141. The van der Waals surface area contributed by atoms with E-state index in [9.17, 15) is 14.0 Å². The summed E-state index contributed by atoms with van der Waals surface area (Å²) in [6, 6.07) is 19.5. The van der Waals surface area contributed by atoms with Crippen LogP contribution in [0.15, 0.2) is 72.8 Å². The van der Waals surface area contributed by atoms with Crippen LogP contribution < -0.4 is 5.32 Å². The van der Waals surface area contributed by atoms with Gasteiger partial charge < -0.3 is 10.2 Å². The second-order valence-corrected chi connectivity index (χ2v) is 9.21. The Kier molecular flexibility index (Phi) is 9.08. The first-order valence-electron chi connectivity index (χ1n) is 11.1. The minimum atomic E-state index is -0.801. The molecular formula is C27H27Cl2FN2O2. The van der Waals surface area contributed by atoms with E-state index in [2.05, 4.69) is 5.32 Å². The van der Waals surface area contributed by atoms with Crippen LogP contribution in [0.3, 0.4) is 0 Å². The van der Waals surface area contributed by atoms with Crippen molar-refractivity contribution in [1.29, 1.82) is 0 Å². The molecular weight excluding hydrogens is 474 g/mol. The lowest BCUT2D eigenvalue weighted by Gasteiger charge is -2.32. The Bertz CT molecular complexity index is 1100. The Morgan fingerprint density at radius 3 is 2.09 bits per heavy atom. The number of halogens is 3. The van der Waals surface area contributed by atoms with Crippen molar-refractivity contribution in [2.45, 2.75) is 45.3 Å². The van der Waals surface area contributed by atoms with Crippen LogP contribution in [0.5, 0.6) is 0 Å². The molecule has 0 heterocycles. The molecule has 3 aromatic carbocycles. The Balaban J connectivity index is 2.01. The highest BCUT2D eigenvalue weighted by atomic mass is 35.5. The summed E-state index contributed by atoms with van der Waals surface area (Å²) in [5.74, 6) is -0.939. The maximum atomic E-state index is 13.6. The third-order valence-electron chi connectivity index (χ3n) is 5.36. The number of nitrogens with zero attached hydrogens (tertiary/aromatic N) is 1. The van der Waals surface area contributed by atoms with Gasteiger partial charge in [0.2, 0.25) is 11.8 Å². The van der Waals surface area contributed by atoms with Crippen LogP contribution in [-0.2, 0) is 29.0 Å². The van der Waals surface area contributed by atoms with Crippen LogP contribution >= 0.6 is 23.2 Å². The third-order valence-corrected chi connectivity index (χ3v) is 6.07. The number of nitrogens with one attached hydrogen (secondary N) is 1. The van der Waals surface area contributed by atoms with Gasteiger partial charge in [0.25, 0.3) is 0 Å². The molecule has 1 N–H and O–H groups in total. The first-order valence-corrected chi connectivity index (χ1v) is 11.8. The lowest BCUT2D eigenvalue weighted by atomic mass is 10.0. The number of rotatable bonds is 9. The summed E-state index contributed by atoms with van der Waals surface area (Å²) in [5, 5.41) is 3.76. The fourth-order valence-corrected chi connectivity index (χ4v) is 4.18. The molecule has 7 heteroatoms. The monoisotopic (exact) mass is 500 g/mol. The van der Waals surface area contributed by atoms with E-state index in [1.54, 1.807) is 30.3 Å². The van der Waals surface area contributed by atoms with Gasteiger partial charge in [0.15, 0.2) is 0 Å². The normalized spacial score (nSPS) is 11.8. The molecule has 3 aromatic rings. The van der Waals surface area contributed by atoms with E-state index in [4.69, 9.17) is 23.2 Å². The Labute approximate surface area is 209 Å². The van der Waals surface area contributed by atoms with Gasteiger partial charge in [-0.25, -0.2) is 4.39 Å². The van der Waals surface area contributed by atoms with Crippen LogP contribution in [0, 0.1) is 5.82 Å². The number of hydrogen-bond acceptors (Lipinski definition) is 2. The summed E-state index contributed by atoms with van der Waals surface area (Å²) in [4.78, 5) is 28.5. The average Bonchev–Trinajstić information content (AvgIpc) is 2.79. The summed E-state index contributed by atoms with van der Waals surface area (Å²) < 4.78 is 13.4. The zero-order valence-corrected chi connectivity index (χ0v) is 20.6. The zero-order valence-electron chi connectivity index (χ0n) is 19.1. The Hall–Kier alpha value is -2.89. The second kappa shape index (κ2) is 12.0. The highest BCUT2D eigenvalue weighted by Gasteiger charge is 2.31. The molecule has 178 valence electrons. The van der Waals surface area contributed by atoms with Gasteiger partial charge in [0, 0.05) is 34.6 Å². The SMILES string of the molecule is CC(C)NC(=O)C(Cc1ccccc1)N(Cc1c(Cl)cccc1Cl)C(=O)Cc1ccc(F)cc1. The molecule has 0 saturated heterocycles. The molecule has 0 fully saturated rings. The number of carbonyl (C=O) groups excluding carboxylic acids is 2. The molecule has 2 amide bonds. The van der Waals surface area contributed by atoms with Crippen molar-refractivity contribution in [2.75, 3.05) is 0 Å². The number of amides is 2. The summed E-state index contributed by atoms with van der Waals surface area (Å²) >= 11 is 12.8. The van der Waals surface area contributed by atoms with Crippen molar-refractivity contribution in [3.63, 3.8) is 0 Å². The fourth-order valence-electron chi connectivity index (χ4n) is 3.67. The molecule has 0 saturated carbocycles. The number of carbonyl (C=O) groups is 2. The van der Waals surface area contributed by atoms with E-state index >= 15 is 0 Å². The smallest absolute Gasteiger partial charge is 0.243 e. The van der Waals surface area contributed by atoms with Crippen molar-refractivity contribution in [1.82, 2.24) is 10.2 Å². The van der Waals surface area contributed by atoms with Gasteiger partial charge in [-0.05, 0) is 49.2 Å². The van der Waals surface area contributed by atoms with Gasteiger partial charge in [0.1, 0.15) is 11.9 Å². The van der Waals surface area contributed by atoms with Gasteiger partial charge in [-0.3, -0.25) is 9.59 Å². The largest absolute Gasteiger partial charge is 0.352 e. The van der Waals surface area contributed by atoms with E-state index in [0.717, 1.165) is 5.56 Å².